The lowest BCUT2D eigenvalue weighted by Gasteiger charge is -2.18. The highest BCUT2D eigenvalue weighted by atomic mass is 28.3. The van der Waals surface area contributed by atoms with E-state index in [-0.39, 0.29) is 0 Å². The van der Waals surface area contributed by atoms with E-state index in [1.165, 1.54) is 5.19 Å². The Morgan fingerprint density at radius 1 is 0.778 bits per heavy atom. The Balaban J connectivity index is 1.78. The maximum atomic E-state index is 8.33. The van der Waals surface area contributed by atoms with Gasteiger partial charge in [0.05, 0.1) is 21.7 Å². The van der Waals surface area contributed by atoms with E-state index in [9.17, 15) is 0 Å². The molecule has 0 amide bonds. The average molecular weight is 512 g/mol. The lowest BCUT2D eigenvalue weighted by Crippen LogP contribution is -2.46. The third-order valence-corrected chi connectivity index (χ3v) is 11.4. The zero-order chi connectivity index (χ0) is 28.5. The summed E-state index contributed by atoms with van der Waals surface area (Å²) in [4.78, 5) is 0. The van der Waals surface area contributed by atoms with Crippen LogP contribution in [-0.2, 0) is 7.05 Å². The monoisotopic (exact) mass is 511 g/mol. The number of aromatic nitrogens is 1. The van der Waals surface area contributed by atoms with E-state index in [4.69, 9.17) is 8.53 Å². The maximum Gasteiger partial charge on any atom is 0.216 e. The van der Waals surface area contributed by atoms with Gasteiger partial charge in [0, 0.05) is 31.7 Å². The predicted molar refractivity (Wildman–Crippen MR) is 161 cm³/mol. The van der Waals surface area contributed by atoms with Crippen LogP contribution in [0.25, 0.3) is 44.3 Å². The number of aryl methyl sites for hydroxylation is 3. The van der Waals surface area contributed by atoms with Gasteiger partial charge < -0.3 is 4.42 Å². The zero-order valence-corrected chi connectivity index (χ0v) is 24.7. The van der Waals surface area contributed by atoms with Gasteiger partial charge >= 0.3 is 0 Å². The molecule has 5 aromatic rings. The molecule has 0 saturated heterocycles. The summed E-state index contributed by atoms with van der Waals surface area (Å²) in [5, 5.41) is 4.50. The summed E-state index contributed by atoms with van der Waals surface area (Å²) >= 11 is 0. The normalized spacial score (nSPS) is 14.2. The number of rotatable bonds is 4. The van der Waals surface area contributed by atoms with Gasteiger partial charge in [-0.25, -0.2) is 4.57 Å². The highest BCUT2D eigenvalue weighted by Gasteiger charge is 2.27. The number of nitrogens with zero attached hydrogens (tertiary/aromatic N) is 1. The average Bonchev–Trinajstić information content (AvgIpc) is 3.21. The number of para-hydroxylation sites is 1. The summed E-state index contributed by atoms with van der Waals surface area (Å²) in [6.45, 7) is 13.5. The number of hydrogen-bond donors (Lipinski definition) is 0. The second kappa shape index (κ2) is 8.57. The van der Waals surface area contributed by atoms with Crippen molar-refractivity contribution in [1.82, 2.24) is 0 Å². The molecule has 2 heterocycles. The highest BCUT2D eigenvalue weighted by molar-refractivity contribution is 6.89. The molecule has 2 aromatic heterocycles. The molecule has 3 aromatic carbocycles. The summed E-state index contributed by atoms with van der Waals surface area (Å²) in [6.07, 6.45) is 2.04. The second-order valence-electron chi connectivity index (χ2n) is 12.1. The molecule has 0 atom stereocenters. The fraction of sp³-hybridized carbons (Fsp3) is 0.281. The Kier molecular flexibility index (Phi) is 5.03. The molecule has 0 fully saturated rings. The van der Waals surface area contributed by atoms with E-state index in [2.05, 4.69) is 105 Å². The van der Waals surface area contributed by atoms with E-state index < -0.39 is 23.0 Å². The minimum atomic E-state index is -2.19. The minimum Gasteiger partial charge on any atom is -0.454 e. The Labute approximate surface area is 221 Å². The van der Waals surface area contributed by atoms with Crippen molar-refractivity contribution in [2.75, 3.05) is 0 Å². The molecule has 4 heteroatoms. The first-order valence-electron chi connectivity index (χ1n) is 14.2. The Bertz CT molecular complexity index is 1720. The molecule has 0 N–H and O–H groups in total. The molecule has 0 bridgehead atoms. The van der Waals surface area contributed by atoms with Gasteiger partial charge in [-0.05, 0) is 30.5 Å². The molecule has 0 spiro atoms. The lowest BCUT2D eigenvalue weighted by atomic mass is 9.98. The lowest BCUT2D eigenvalue weighted by molar-refractivity contribution is -0.659. The summed E-state index contributed by atoms with van der Waals surface area (Å²) in [5.74, 6) is 0. The molecule has 2 nitrogen and oxygen atoms in total. The van der Waals surface area contributed by atoms with Crippen molar-refractivity contribution in [3.8, 4) is 22.4 Å². The Morgan fingerprint density at radius 2 is 1.47 bits per heavy atom. The second-order valence-corrected chi connectivity index (χ2v) is 22.2. The van der Waals surface area contributed by atoms with E-state index >= 15 is 0 Å². The van der Waals surface area contributed by atoms with Gasteiger partial charge in [0.25, 0.3) is 0 Å². The van der Waals surface area contributed by atoms with Crippen molar-refractivity contribution < 1.29 is 13.1 Å². The van der Waals surface area contributed by atoms with E-state index in [1.54, 1.807) is 0 Å². The van der Waals surface area contributed by atoms with Gasteiger partial charge in [-0.15, -0.1) is 0 Å². The fourth-order valence-electron chi connectivity index (χ4n) is 5.15. The topological polar surface area (TPSA) is 17.0 Å². The van der Waals surface area contributed by atoms with Crippen molar-refractivity contribution in [3.63, 3.8) is 0 Å². The van der Waals surface area contributed by atoms with Gasteiger partial charge in [0.2, 0.25) is 5.69 Å². The predicted octanol–water partition coefficient (Wildman–Crippen LogP) is 7.45. The third-order valence-electron chi connectivity index (χ3n) is 7.28. The molecule has 0 aliphatic carbocycles. The van der Waals surface area contributed by atoms with Gasteiger partial charge in [-0.1, -0.05) is 99.1 Å². The summed E-state index contributed by atoms with van der Waals surface area (Å²) < 4.78 is 33.8. The fourth-order valence-corrected chi connectivity index (χ4v) is 7.78. The molecule has 0 saturated carbocycles. The van der Waals surface area contributed by atoms with Crippen molar-refractivity contribution in [3.05, 3.63) is 78.0 Å². The van der Waals surface area contributed by atoms with Crippen LogP contribution in [0.3, 0.4) is 0 Å². The van der Waals surface area contributed by atoms with Crippen molar-refractivity contribution >= 4 is 48.5 Å². The van der Waals surface area contributed by atoms with Gasteiger partial charge in [-0.2, -0.15) is 0 Å². The molecule has 0 aliphatic rings. The highest BCUT2D eigenvalue weighted by Crippen LogP contribution is 2.40. The van der Waals surface area contributed by atoms with Crippen LogP contribution < -0.4 is 14.9 Å². The number of hydrogen-bond acceptors (Lipinski definition) is 1. The first-order chi connectivity index (χ1) is 18.1. The van der Waals surface area contributed by atoms with Gasteiger partial charge in [-0.3, -0.25) is 0 Å². The molecule has 0 unspecified atom stereocenters. The summed E-state index contributed by atoms with van der Waals surface area (Å²) in [5.41, 5.74) is 7.15. The van der Waals surface area contributed by atoms with E-state index in [0.29, 0.717) is 5.56 Å². The van der Waals surface area contributed by atoms with Crippen LogP contribution >= 0.6 is 0 Å². The van der Waals surface area contributed by atoms with Crippen molar-refractivity contribution in [2.24, 2.45) is 7.05 Å². The number of fused-ring (bicyclic) bond motifs is 3. The summed E-state index contributed by atoms with van der Waals surface area (Å²) in [6, 6.07) is 21.4. The van der Waals surface area contributed by atoms with Gasteiger partial charge in [0.1, 0.15) is 18.2 Å². The number of benzene rings is 3. The number of furan rings is 1. The molecular formula is C32H38NOSi2+. The van der Waals surface area contributed by atoms with Crippen LogP contribution in [0.4, 0.5) is 0 Å². The van der Waals surface area contributed by atoms with Crippen LogP contribution in [0.1, 0.15) is 15.2 Å². The standard InChI is InChI=1S/C32H38NOSi2/c1-21-13-18-27-26-12-10-11-25(23-14-16-24(17-15-23)35(4,5)6)31(26)34-32(27)30(21)28-19-22(2)29(20-33(28)3)36(7,8)9/h10-20H,1-9H3/q+1/i2D3. The van der Waals surface area contributed by atoms with Crippen molar-refractivity contribution in [2.45, 2.75) is 53.1 Å². The number of pyridine rings is 1. The molecule has 0 aliphatic heterocycles. The SMILES string of the molecule is [2H]C([2H])([2H])c1cc(-c2c(C)ccc3c2oc2c(-c4ccc([Si](C)(C)C)cc4)cccc23)[n+](C)cc1[Si](C)(C)C. The maximum absolute atomic E-state index is 8.33. The quantitative estimate of drug-likeness (QED) is 0.181. The van der Waals surface area contributed by atoms with Crippen molar-refractivity contribution in [1.29, 1.82) is 0 Å². The van der Waals surface area contributed by atoms with Crippen LogP contribution in [0.5, 0.6) is 0 Å². The molecule has 184 valence electrons. The van der Waals surface area contributed by atoms with Crippen LogP contribution in [-0.4, -0.2) is 16.1 Å². The van der Waals surface area contributed by atoms with Gasteiger partial charge in [0.15, 0.2) is 6.20 Å². The Morgan fingerprint density at radius 3 is 2.11 bits per heavy atom. The smallest absolute Gasteiger partial charge is 0.216 e. The largest absolute Gasteiger partial charge is 0.454 e. The third kappa shape index (κ3) is 4.16. The first kappa shape index (κ1) is 21.2. The molecule has 36 heavy (non-hydrogen) atoms. The molecular weight excluding hydrogens is 471 g/mol. The molecule has 5 rings (SSSR count). The van der Waals surface area contributed by atoms with Crippen LogP contribution in [0.2, 0.25) is 39.3 Å². The summed E-state index contributed by atoms with van der Waals surface area (Å²) in [7, 11) is -1.28. The zero-order valence-electron chi connectivity index (χ0n) is 25.7. The van der Waals surface area contributed by atoms with E-state index in [0.717, 1.165) is 55.1 Å². The van der Waals surface area contributed by atoms with Crippen LogP contribution in [0.15, 0.2) is 71.3 Å². The molecule has 0 radical (unpaired) electrons. The van der Waals surface area contributed by atoms with E-state index in [1.807, 2.05) is 19.3 Å². The Hall–Kier alpha value is -2.96. The minimum absolute atomic E-state index is 0.449. The first-order valence-corrected chi connectivity index (χ1v) is 19.7. The van der Waals surface area contributed by atoms with Crippen LogP contribution in [0, 0.1) is 13.8 Å².